The molecular formula is C19H25NO4S. The first-order valence-corrected chi connectivity index (χ1v) is 9.84. The molecular weight excluding hydrogens is 338 g/mol. The fourth-order valence-corrected chi connectivity index (χ4v) is 3.91. The Morgan fingerprint density at radius 1 is 1.00 bits per heavy atom. The van der Waals surface area contributed by atoms with Crippen LogP contribution in [0.3, 0.4) is 0 Å². The molecule has 0 saturated heterocycles. The van der Waals surface area contributed by atoms with Gasteiger partial charge in [0.2, 0.25) is 10.0 Å². The number of ether oxygens (including phenoxy) is 2. The Labute approximate surface area is 150 Å². The van der Waals surface area contributed by atoms with Gasteiger partial charge in [0, 0.05) is 12.1 Å². The van der Waals surface area contributed by atoms with Gasteiger partial charge in [-0.15, -0.1) is 0 Å². The molecule has 0 spiro atoms. The zero-order chi connectivity index (χ0) is 18.4. The van der Waals surface area contributed by atoms with Gasteiger partial charge in [0.05, 0.1) is 13.2 Å². The van der Waals surface area contributed by atoms with Gasteiger partial charge in [-0.3, -0.25) is 0 Å². The van der Waals surface area contributed by atoms with Crippen molar-refractivity contribution >= 4 is 10.0 Å². The average Bonchev–Trinajstić information content (AvgIpc) is 2.58. The van der Waals surface area contributed by atoms with Crippen LogP contribution in [-0.2, 0) is 10.0 Å². The Bertz CT molecular complexity index is 804. The lowest BCUT2D eigenvalue weighted by Crippen LogP contribution is -2.27. The van der Waals surface area contributed by atoms with Crippen molar-refractivity contribution in [3.63, 3.8) is 0 Å². The van der Waals surface area contributed by atoms with Gasteiger partial charge in [-0.2, -0.15) is 0 Å². The molecule has 0 aliphatic carbocycles. The number of aryl methyl sites for hydroxylation is 1. The van der Waals surface area contributed by atoms with Crippen molar-refractivity contribution in [3.05, 3.63) is 53.6 Å². The summed E-state index contributed by atoms with van der Waals surface area (Å²) < 4.78 is 39.7. The van der Waals surface area contributed by atoms with Crippen molar-refractivity contribution in [1.82, 2.24) is 4.72 Å². The van der Waals surface area contributed by atoms with E-state index in [1.54, 1.807) is 6.07 Å². The van der Waals surface area contributed by atoms with Crippen LogP contribution in [0.1, 0.15) is 37.9 Å². The van der Waals surface area contributed by atoms with E-state index in [2.05, 4.69) is 4.72 Å². The van der Waals surface area contributed by atoms with Crippen molar-refractivity contribution in [2.45, 2.75) is 38.6 Å². The van der Waals surface area contributed by atoms with Crippen molar-refractivity contribution in [1.29, 1.82) is 0 Å². The molecule has 0 heterocycles. The van der Waals surface area contributed by atoms with E-state index in [9.17, 15) is 8.42 Å². The summed E-state index contributed by atoms with van der Waals surface area (Å²) >= 11 is 0. The highest BCUT2D eigenvalue weighted by atomic mass is 32.2. The zero-order valence-corrected chi connectivity index (χ0v) is 15.9. The number of benzene rings is 2. The van der Waals surface area contributed by atoms with Crippen LogP contribution in [0.2, 0.25) is 0 Å². The summed E-state index contributed by atoms with van der Waals surface area (Å²) in [5, 5.41) is 0. The first kappa shape index (κ1) is 19.3. The maximum absolute atomic E-state index is 12.9. The summed E-state index contributed by atoms with van der Waals surface area (Å²) in [5.74, 6) is 0.870. The largest absolute Gasteiger partial charge is 0.494 e. The fourth-order valence-electron chi connectivity index (χ4n) is 2.54. The maximum atomic E-state index is 12.9. The monoisotopic (exact) mass is 363 g/mol. The molecule has 0 radical (unpaired) electrons. The summed E-state index contributed by atoms with van der Waals surface area (Å²) in [4.78, 5) is 0.0891. The standard InChI is InChI=1S/C19H25NO4S/c1-5-23-17-13-19(18(24-6-2)12-14(17)3)25(21,22)20-15(4)16-10-8-7-9-11-16/h7-13,15,20H,5-6H2,1-4H3/t15-/m0/s1. The third kappa shape index (κ3) is 4.74. The van der Waals surface area contributed by atoms with E-state index in [1.807, 2.05) is 58.0 Å². The maximum Gasteiger partial charge on any atom is 0.244 e. The lowest BCUT2D eigenvalue weighted by atomic mass is 10.1. The minimum atomic E-state index is -3.77. The number of rotatable bonds is 8. The molecule has 5 nitrogen and oxygen atoms in total. The second-order valence-corrected chi connectivity index (χ2v) is 7.37. The van der Waals surface area contributed by atoms with E-state index < -0.39 is 10.0 Å². The normalized spacial score (nSPS) is 12.6. The van der Waals surface area contributed by atoms with E-state index in [1.165, 1.54) is 6.07 Å². The van der Waals surface area contributed by atoms with Gasteiger partial charge in [-0.1, -0.05) is 30.3 Å². The number of hydrogen-bond donors (Lipinski definition) is 1. The minimum absolute atomic E-state index is 0.0891. The highest BCUT2D eigenvalue weighted by Crippen LogP contribution is 2.32. The molecule has 136 valence electrons. The van der Waals surface area contributed by atoms with Gasteiger partial charge in [-0.05, 0) is 44.9 Å². The molecule has 0 aromatic heterocycles. The van der Waals surface area contributed by atoms with Gasteiger partial charge >= 0.3 is 0 Å². The Morgan fingerprint density at radius 3 is 2.20 bits per heavy atom. The first-order valence-electron chi connectivity index (χ1n) is 8.36. The van der Waals surface area contributed by atoms with E-state index in [0.29, 0.717) is 24.7 Å². The molecule has 25 heavy (non-hydrogen) atoms. The van der Waals surface area contributed by atoms with Crippen molar-refractivity contribution in [2.75, 3.05) is 13.2 Å². The number of nitrogens with one attached hydrogen (secondary N) is 1. The second kappa shape index (κ2) is 8.36. The second-order valence-electron chi connectivity index (χ2n) is 5.68. The summed E-state index contributed by atoms with van der Waals surface area (Å²) in [6, 6.07) is 12.3. The molecule has 0 amide bonds. The Morgan fingerprint density at radius 2 is 1.60 bits per heavy atom. The van der Waals surface area contributed by atoms with Crippen molar-refractivity contribution in [2.24, 2.45) is 0 Å². The third-order valence-electron chi connectivity index (χ3n) is 3.76. The molecule has 0 aliphatic heterocycles. The van der Waals surface area contributed by atoms with E-state index in [4.69, 9.17) is 9.47 Å². The predicted molar refractivity (Wildman–Crippen MR) is 98.7 cm³/mol. The van der Waals surface area contributed by atoms with Crippen LogP contribution in [0.25, 0.3) is 0 Å². The molecule has 0 unspecified atom stereocenters. The van der Waals surface area contributed by atoms with E-state index >= 15 is 0 Å². The molecule has 1 atom stereocenters. The fraction of sp³-hybridized carbons (Fsp3) is 0.368. The lowest BCUT2D eigenvalue weighted by molar-refractivity contribution is 0.320. The Balaban J connectivity index is 2.41. The molecule has 0 fully saturated rings. The highest BCUT2D eigenvalue weighted by molar-refractivity contribution is 7.89. The average molecular weight is 363 g/mol. The van der Waals surface area contributed by atoms with Crippen LogP contribution < -0.4 is 14.2 Å². The van der Waals surface area contributed by atoms with E-state index in [0.717, 1.165) is 11.1 Å². The number of hydrogen-bond acceptors (Lipinski definition) is 4. The Hall–Kier alpha value is -2.05. The van der Waals surface area contributed by atoms with Crippen LogP contribution in [0, 0.1) is 6.92 Å². The summed E-state index contributed by atoms with van der Waals surface area (Å²) in [6.07, 6.45) is 0. The van der Waals surface area contributed by atoms with Gasteiger partial charge in [0.25, 0.3) is 0 Å². The first-order chi connectivity index (χ1) is 11.9. The summed E-state index contributed by atoms with van der Waals surface area (Å²) in [5.41, 5.74) is 1.72. The van der Waals surface area contributed by atoms with Crippen LogP contribution in [0.5, 0.6) is 11.5 Å². The zero-order valence-electron chi connectivity index (χ0n) is 15.1. The smallest absolute Gasteiger partial charge is 0.244 e. The van der Waals surface area contributed by atoms with Crippen LogP contribution in [0.4, 0.5) is 0 Å². The Kier molecular flexibility index (Phi) is 6.45. The van der Waals surface area contributed by atoms with Crippen molar-refractivity contribution in [3.8, 4) is 11.5 Å². The summed E-state index contributed by atoms with van der Waals surface area (Å²) in [6.45, 7) is 8.20. The minimum Gasteiger partial charge on any atom is -0.494 e. The third-order valence-corrected chi connectivity index (χ3v) is 5.32. The molecule has 0 aliphatic rings. The molecule has 0 saturated carbocycles. The van der Waals surface area contributed by atoms with Crippen LogP contribution in [0.15, 0.2) is 47.4 Å². The van der Waals surface area contributed by atoms with Crippen molar-refractivity contribution < 1.29 is 17.9 Å². The molecule has 2 aromatic rings. The highest BCUT2D eigenvalue weighted by Gasteiger charge is 2.24. The van der Waals surface area contributed by atoms with Crippen LogP contribution in [-0.4, -0.2) is 21.6 Å². The molecule has 2 aromatic carbocycles. The molecule has 1 N–H and O–H groups in total. The van der Waals surface area contributed by atoms with Crippen LogP contribution >= 0.6 is 0 Å². The SMILES string of the molecule is CCOc1cc(S(=O)(=O)N[C@@H](C)c2ccccc2)c(OCC)cc1C. The predicted octanol–water partition coefficient (Wildman–Crippen LogP) is 3.83. The molecule has 6 heteroatoms. The quantitative estimate of drug-likeness (QED) is 0.774. The van der Waals surface area contributed by atoms with Gasteiger partial charge in [-0.25, -0.2) is 13.1 Å². The molecule has 2 rings (SSSR count). The van der Waals surface area contributed by atoms with Gasteiger partial charge < -0.3 is 9.47 Å². The molecule has 0 bridgehead atoms. The van der Waals surface area contributed by atoms with Gasteiger partial charge in [0.1, 0.15) is 16.4 Å². The van der Waals surface area contributed by atoms with Gasteiger partial charge in [0.15, 0.2) is 0 Å². The topological polar surface area (TPSA) is 64.6 Å². The summed E-state index contributed by atoms with van der Waals surface area (Å²) in [7, 11) is -3.77. The number of sulfonamides is 1. The van der Waals surface area contributed by atoms with E-state index in [-0.39, 0.29) is 10.9 Å². The lowest BCUT2D eigenvalue weighted by Gasteiger charge is -2.18.